The Balaban J connectivity index is 1.10. The molecule has 4 nitrogen and oxygen atoms in total. The maximum Gasteiger partial charge on any atom is 0.252 e. The van der Waals surface area contributed by atoms with Crippen molar-refractivity contribution >= 4 is 153 Å². The Morgan fingerprint density at radius 1 is 0.243 bits per heavy atom. The van der Waals surface area contributed by atoms with Gasteiger partial charge in [-0.1, -0.05) is 360 Å². The van der Waals surface area contributed by atoms with E-state index in [4.69, 9.17) is 0 Å². The van der Waals surface area contributed by atoms with Crippen LogP contribution in [0.5, 0.6) is 0 Å². The van der Waals surface area contributed by atoms with E-state index in [1.807, 2.05) is 224 Å². The van der Waals surface area contributed by atoms with Gasteiger partial charge in [0.25, 0.3) is 6.71 Å². The minimum Gasteiger partial charge on any atom is -0.309 e. The number of para-hydroxylation sites is 6. The van der Waals surface area contributed by atoms with Gasteiger partial charge in [-0.05, 0) is 129 Å². The Kier molecular flexibility index (Phi) is 10.1. The topological polar surface area (TPSA) is 19.7 Å². The van der Waals surface area contributed by atoms with E-state index in [0.29, 0.717) is 98.3 Å². The second kappa shape index (κ2) is 24.3. The van der Waals surface area contributed by atoms with Gasteiger partial charge in [0, 0.05) is 76.7 Å². The summed E-state index contributed by atoms with van der Waals surface area (Å²) in [4.78, 5) is 0. The largest absolute Gasteiger partial charge is 0.309 e. The molecule has 0 aliphatic carbocycles. The third-order valence-electron chi connectivity index (χ3n) is 22.7. The Morgan fingerprint density at radius 2 is 0.559 bits per heavy atom. The van der Waals surface area contributed by atoms with E-state index in [1.165, 1.54) is 9.13 Å². The Labute approximate surface area is 670 Å². The molecule has 0 fully saturated rings. The van der Waals surface area contributed by atoms with E-state index < -0.39 is 121 Å². The van der Waals surface area contributed by atoms with E-state index in [-0.39, 0.29) is 133 Å². The van der Waals surface area contributed by atoms with Crippen LogP contribution in [0, 0.1) is 0 Å². The molecule has 2 aliphatic heterocycles. The van der Waals surface area contributed by atoms with Crippen LogP contribution in [-0.4, -0.2) is 25.0 Å². The summed E-state index contributed by atoms with van der Waals surface area (Å²) in [5, 5.41) is 5.28. The molecule has 0 amide bonds. The molecule has 5 heteroatoms. The van der Waals surface area contributed by atoms with Crippen molar-refractivity contribution in [1.29, 1.82) is 0 Å². The highest BCUT2D eigenvalue weighted by molar-refractivity contribution is 7.00. The number of benzene rings is 17. The summed E-state index contributed by atoms with van der Waals surface area (Å²) in [5.41, 5.74) is 2.83. The van der Waals surface area contributed by atoms with Crippen molar-refractivity contribution in [2.75, 3.05) is 0 Å². The monoisotopic (exact) mass is 1430 g/mol. The number of hydrogen-bond acceptors (Lipinski definition) is 0. The molecular weight excluding hydrogens is 1340 g/mol. The van der Waals surface area contributed by atoms with Crippen LogP contribution in [0.4, 0.5) is 0 Å². The summed E-state index contributed by atoms with van der Waals surface area (Å²) in [6, 6.07) is 68.8. The lowest BCUT2D eigenvalue weighted by molar-refractivity contribution is 0.589. The van der Waals surface area contributed by atoms with E-state index in [2.05, 4.69) is 0 Å². The van der Waals surface area contributed by atoms with Crippen molar-refractivity contribution in [1.82, 2.24) is 18.3 Å². The summed E-state index contributed by atoms with van der Waals surface area (Å²) in [7, 11) is 0. The first-order valence-electron chi connectivity index (χ1n) is 47.2. The Bertz CT molecular complexity index is 8500. The summed E-state index contributed by atoms with van der Waals surface area (Å²) in [6.45, 7) is 4.13. The molecule has 21 aromatic rings. The fourth-order valence-corrected chi connectivity index (χ4v) is 18.0. The number of aromatic nitrogens is 4. The molecule has 4 aromatic heterocycles. The average molecular weight is 1430 g/mol. The molecule has 0 N–H and O–H groups in total. The van der Waals surface area contributed by atoms with E-state index >= 15 is 0 Å². The van der Waals surface area contributed by atoms with Crippen LogP contribution >= 0.6 is 0 Å². The highest BCUT2D eigenvalue weighted by Gasteiger charge is 2.43. The molecule has 0 saturated carbocycles. The first-order valence-corrected chi connectivity index (χ1v) is 37.2. The van der Waals surface area contributed by atoms with E-state index in [1.54, 1.807) is 60.7 Å². The van der Waals surface area contributed by atoms with Gasteiger partial charge in [0.2, 0.25) is 0 Å². The molecule has 17 aromatic carbocycles. The molecule has 6 heterocycles. The predicted molar refractivity (Wildman–Crippen MR) is 474 cm³/mol. The lowest BCUT2D eigenvalue weighted by atomic mass is 9.34. The highest BCUT2D eigenvalue weighted by Crippen LogP contribution is 2.49. The number of nitrogens with zero attached hydrogens (tertiary/aromatic N) is 4. The zero-order valence-electron chi connectivity index (χ0n) is 80.1. The first-order chi connectivity index (χ1) is 63.2. The van der Waals surface area contributed by atoms with Gasteiger partial charge in [0.1, 0.15) is 0 Å². The van der Waals surface area contributed by atoms with E-state index in [0.717, 1.165) is 0 Å². The highest BCUT2D eigenvalue weighted by atomic mass is 15.1. The van der Waals surface area contributed by atoms with Crippen molar-refractivity contribution in [2.24, 2.45) is 0 Å². The minimum absolute atomic E-state index is 0.00494. The third kappa shape index (κ3) is 9.18. The number of fused-ring (bicyclic) bond motifs is 24. The molecule has 111 heavy (non-hydrogen) atoms. The summed E-state index contributed by atoms with van der Waals surface area (Å²) in [6.07, 6.45) is 0. The number of hydrogen-bond donors (Lipinski definition) is 0. The zero-order chi connectivity index (χ0) is 90.7. The molecule has 0 bridgehead atoms. The summed E-state index contributed by atoms with van der Waals surface area (Å²) in [5.74, 6) is 0. The van der Waals surface area contributed by atoms with Crippen LogP contribution in [0.1, 0.15) is 53.7 Å². The first kappa shape index (κ1) is 46.3. The van der Waals surface area contributed by atoms with Crippen molar-refractivity contribution in [2.45, 2.75) is 26.2 Å². The normalized spacial score (nSPS) is 15.0. The smallest absolute Gasteiger partial charge is 0.252 e. The van der Waals surface area contributed by atoms with Gasteiger partial charge in [0.15, 0.2) is 0 Å². The van der Waals surface area contributed by atoms with Gasteiger partial charge in [-0.25, -0.2) is 0 Å². The Morgan fingerprint density at radius 3 is 0.946 bits per heavy atom. The van der Waals surface area contributed by atoms with Crippen LogP contribution in [0.15, 0.2) is 376 Å². The van der Waals surface area contributed by atoms with Crippen molar-refractivity contribution in [3.63, 3.8) is 0 Å². The fourth-order valence-electron chi connectivity index (χ4n) is 18.0. The third-order valence-corrected chi connectivity index (χ3v) is 22.7. The van der Waals surface area contributed by atoms with Crippen molar-refractivity contribution in [3.8, 4) is 67.3 Å². The molecule has 0 unspecified atom stereocenters. The molecule has 0 spiro atoms. The van der Waals surface area contributed by atoms with Crippen LogP contribution in [0.3, 0.4) is 0 Å². The quantitative estimate of drug-likeness (QED) is 0.148. The predicted octanol–water partition coefficient (Wildman–Crippen LogP) is 26.0. The lowest BCUT2D eigenvalue weighted by Crippen LogP contribution is -2.60. The van der Waals surface area contributed by atoms with Crippen LogP contribution in [0.2, 0.25) is 0 Å². The molecule has 518 valence electrons. The molecule has 0 atom stereocenters. The van der Waals surface area contributed by atoms with Gasteiger partial charge in [0.05, 0.1) is 82.9 Å². The summed E-state index contributed by atoms with van der Waals surface area (Å²) < 4.78 is 220. The van der Waals surface area contributed by atoms with E-state index in [9.17, 15) is 27.4 Å². The van der Waals surface area contributed by atoms with Gasteiger partial charge < -0.3 is 18.3 Å². The minimum atomic E-state index is -1.69. The molecule has 2 aliphatic rings. The van der Waals surface area contributed by atoms with Gasteiger partial charge in [-0.15, -0.1) is 0 Å². The van der Waals surface area contributed by atoms with Crippen LogP contribution < -0.4 is 16.4 Å². The maximum atomic E-state index is 12.1. The molecule has 0 radical (unpaired) electrons. The SMILES string of the molecule is [2H]c1c2c3c(c([2H])c1C(C)(C)C)-n1c4c(-c5ccccc5)cccc4c4ccccc4c4ccccc4c4c(-n5c6c([2H])c([2H])c([2H])c([2H])c6c6c([2H])c([2H])c([2H])c(-c7ccccc7)c65)c([2H])c([2H])c(c41)B3c1c([2H])c([2H])c(-n3c4c([2H])c([2H])c([2H])c([2H])c4c4c([2H])c([2H])c([2H])c(-c5ccccc5)c43)c3c4ccccc4c4ccccc4c4cccc(-c5ccccc5)c4n-2c13. The molecular formula is C106H71BN4. The summed E-state index contributed by atoms with van der Waals surface area (Å²) >= 11 is 0. The van der Waals surface area contributed by atoms with Crippen molar-refractivity contribution < 1.29 is 27.4 Å². The van der Waals surface area contributed by atoms with Gasteiger partial charge in [-0.2, -0.15) is 0 Å². The lowest BCUT2D eigenvalue weighted by Gasteiger charge is -2.38. The van der Waals surface area contributed by atoms with Crippen molar-refractivity contribution in [3.05, 3.63) is 381 Å². The second-order valence-corrected chi connectivity index (χ2v) is 29.7. The zero-order valence-corrected chi connectivity index (χ0v) is 60.1. The maximum absolute atomic E-state index is 12.1. The standard InChI is InChI=1S/C106H71BN4/c1-106(2,3)70-64-95-99-96(65-70)111-103-74(69-38-14-7-15-39-69)53-29-55-86(103)80-45-19-17-41-76(80)78-43-21-23-49-84(78)98-94(109-92-59-27-25-47-82(92)88-57-31-51-72(101(88)109)67-34-10-5-11-35-67)63-61-90(105(98)111)107(99)89-60-62-93(108-91-58-26-24-46-81(91)87-56-30-50-71(100(87)108)66-32-8-4-9-33-66)97-83-48-22-20-42-77(83)75-40-16-18-44-79(75)85-54-28-52-73(68-36-12-6-13-37-68)102(85)110(95)104(89)97/h4-65H,1-3H3/i24D,25D,26D,27D,30D,31D,46D,47D,50D,51D,56D,57D,58D,59D,60D,61D,62D,63D,64D,65D. The molecule has 0 saturated heterocycles. The van der Waals surface area contributed by atoms with Crippen LogP contribution in [-0.2, 0) is 5.41 Å². The van der Waals surface area contributed by atoms with Gasteiger partial charge >= 0.3 is 0 Å². The van der Waals surface area contributed by atoms with Gasteiger partial charge in [-0.3, -0.25) is 0 Å². The molecule has 23 rings (SSSR count). The Hall–Kier alpha value is -14.0. The fraction of sp³-hybridized carbons (Fsp3) is 0.0377. The average Bonchev–Trinajstić information content (AvgIpc) is 1.65. The second-order valence-electron chi connectivity index (χ2n) is 29.7. The number of rotatable bonds is 6. The van der Waals surface area contributed by atoms with Crippen LogP contribution in [0.25, 0.3) is 198 Å².